The maximum Gasteiger partial charge on any atom is 0.0295 e. The molecule has 1 nitrogen and oxygen atoms in total. The molecular weight excluding hydrogens is 225 g/mol. The van der Waals surface area contributed by atoms with Crippen molar-refractivity contribution in [3.05, 3.63) is 21.8 Å². The molecule has 0 fully saturated rings. The van der Waals surface area contributed by atoms with Gasteiger partial charge in [0.15, 0.2) is 0 Å². The van der Waals surface area contributed by atoms with Crippen LogP contribution in [0.4, 0.5) is 0 Å². The molecule has 0 aromatic heterocycles. The summed E-state index contributed by atoms with van der Waals surface area (Å²) in [6.45, 7) is 0. The predicted molar refractivity (Wildman–Crippen MR) is 48.7 cm³/mol. The Kier molecular flexibility index (Phi) is 2.72. The van der Waals surface area contributed by atoms with E-state index in [1.54, 1.807) is 0 Å². The van der Waals surface area contributed by atoms with Gasteiger partial charge in [-0.2, -0.15) is 0 Å². The fourth-order valence-electron chi connectivity index (χ4n) is 0.839. The van der Waals surface area contributed by atoms with Crippen molar-refractivity contribution in [2.45, 2.75) is 12.5 Å². The number of nitrogens with one attached hydrogen (secondary N) is 1. The van der Waals surface area contributed by atoms with Gasteiger partial charge in [-0.15, -0.1) is 0 Å². The summed E-state index contributed by atoms with van der Waals surface area (Å²) in [4.78, 5) is 0. The Bertz CT molecular complexity index is 149. The number of rotatable bonds is 1. The Hall–Kier alpha value is 0.170. The Morgan fingerprint density at radius 1 is 1.78 bits per heavy atom. The van der Waals surface area contributed by atoms with E-state index >= 15 is 0 Å². The molecule has 1 rings (SSSR count). The van der Waals surface area contributed by atoms with Crippen LogP contribution in [0.5, 0.6) is 0 Å². The third kappa shape index (κ3) is 2.10. The van der Waals surface area contributed by atoms with Crippen molar-refractivity contribution in [2.24, 2.45) is 0 Å². The zero-order valence-electron chi connectivity index (χ0n) is 5.39. The average Bonchev–Trinajstić information content (AvgIpc) is 1.88. The largest absolute Gasteiger partial charge is 0.313 e. The van der Waals surface area contributed by atoms with Gasteiger partial charge in [0.05, 0.1) is 0 Å². The molecule has 0 spiro atoms. The lowest BCUT2D eigenvalue weighted by atomic mass is 10.1. The van der Waals surface area contributed by atoms with E-state index in [9.17, 15) is 0 Å². The van der Waals surface area contributed by atoms with Gasteiger partial charge in [-0.25, -0.2) is 0 Å². The highest BCUT2D eigenvalue weighted by atomic mass is 127. The second-order valence-corrected chi connectivity index (χ2v) is 3.48. The van der Waals surface area contributed by atoms with Crippen LogP contribution in [-0.2, 0) is 0 Å². The van der Waals surface area contributed by atoms with E-state index < -0.39 is 0 Å². The first kappa shape index (κ1) is 7.28. The van der Waals surface area contributed by atoms with Gasteiger partial charge in [0, 0.05) is 6.04 Å². The molecule has 0 saturated heterocycles. The highest BCUT2D eigenvalue weighted by Crippen LogP contribution is 2.17. The summed E-state index contributed by atoms with van der Waals surface area (Å²) < 4.78 is 1.43. The lowest BCUT2D eigenvalue weighted by Crippen LogP contribution is -2.23. The minimum atomic E-state index is 0.557. The van der Waals surface area contributed by atoms with Gasteiger partial charge < -0.3 is 5.32 Å². The maximum absolute atomic E-state index is 3.20. The molecular formula is C7H10IN. The van der Waals surface area contributed by atoms with E-state index in [4.69, 9.17) is 0 Å². The molecule has 9 heavy (non-hydrogen) atoms. The second-order valence-electron chi connectivity index (χ2n) is 2.10. The Morgan fingerprint density at radius 2 is 2.56 bits per heavy atom. The van der Waals surface area contributed by atoms with E-state index in [2.05, 4.69) is 46.1 Å². The van der Waals surface area contributed by atoms with E-state index in [0.29, 0.717) is 6.04 Å². The SMILES string of the molecule is CNC1C=CC=C(I)C1. The van der Waals surface area contributed by atoms with Crippen molar-refractivity contribution in [2.75, 3.05) is 7.05 Å². The highest BCUT2D eigenvalue weighted by Gasteiger charge is 2.04. The monoisotopic (exact) mass is 235 g/mol. The number of hydrogen-bond donors (Lipinski definition) is 1. The van der Waals surface area contributed by atoms with Crippen molar-refractivity contribution in [3.8, 4) is 0 Å². The fraction of sp³-hybridized carbons (Fsp3) is 0.429. The molecule has 0 radical (unpaired) electrons. The molecule has 0 saturated carbocycles. The van der Waals surface area contributed by atoms with E-state index in [1.807, 2.05) is 7.05 Å². The van der Waals surface area contributed by atoms with Crippen LogP contribution >= 0.6 is 22.6 Å². The number of halogens is 1. The molecule has 1 atom stereocenters. The maximum atomic E-state index is 3.20. The third-order valence-corrected chi connectivity index (χ3v) is 2.21. The molecule has 2 heteroatoms. The standard InChI is InChI=1S/C7H10IN/c1-9-7-4-2-3-6(8)5-7/h2-4,7,9H,5H2,1H3. The van der Waals surface area contributed by atoms with Gasteiger partial charge in [-0.05, 0) is 39.6 Å². The van der Waals surface area contributed by atoms with Crippen LogP contribution in [0.3, 0.4) is 0 Å². The minimum Gasteiger partial charge on any atom is -0.313 e. The normalized spacial score (nSPS) is 26.0. The number of allylic oxidation sites excluding steroid dienone is 2. The van der Waals surface area contributed by atoms with Gasteiger partial charge in [0.1, 0.15) is 0 Å². The first-order valence-corrected chi connectivity index (χ1v) is 4.11. The smallest absolute Gasteiger partial charge is 0.0295 e. The van der Waals surface area contributed by atoms with Crippen LogP contribution in [0.25, 0.3) is 0 Å². The van der Waals surface area contributed by atoms with Crippen LogP contribution in [0, 0.1) is 0 Å². The van der Waals surface area contributed by atoms with Gasteiger partial charge in [0.25, 0.3) is 0 Å². The molecule has 0 aromatic carbocycles. The van der Waals surface area contributed by atoms with Crippen LogP contribution < -0.4 is 5.32 Å². The van der Waals surface area contributed by atoms with Gasteiger partial charge >= 0.3 is 0 Å². The van der Waals surface area contributed by atoms with Crippen molar-refractivity contribution < 1.29 is 0 Å². The van der Waals surface area contributed by atoms with Crippen LogP contribution in [0.1, 0.15) is 6.42 Å². The zero-order valence-corrected chi connectivity index (χ0v) is 7.55. The summed E-state index contributed by atoms with van der Waals surface area (Å²) in [5.74, 6) is 0. The topological polar surface area (TPSA) is 12.0 Å². The van der Waals surface area contributed by atoms with Crippen molar-refractivity contribution in [1.29, 1.82) is 0 Å². The third-order valence-electron chi connectivity index (χ3n) is 1.41. The summed E-state index contributed by atoms with van der Waals surface area (Å²) in [5.41, 5.74) is 0. The molecule has 0 amide bonds. The quantitative estimate of drug-likeness (QED) is 0.684. The molecule has 0 heterocycles. The van der Waals surface area contributed by atoms with Crippen LogP contribution in [0.15, 0.2) is 21.8 Å². The molecule has 1 aliphatic rings. The molecule has 50 valence electrons. The first-order chi connectivity index (χ1) is 4.33. The average molecular weight is 235 g/mol. The van der Waals surface area contributed by atoms with Crippen molar-refractivity contribution in [1.82, 2.24) is 5.32 Å². The Balaban J connectivity index is 2.51. The summed E-state index contributed by atoms with van der Waals surface area (Å²) in [6, 6.07) is 0.557. The lowest BCUT2D eigenvalue weighted by Gasteiger charge is -2.13. The molecule has 0 aliphatic heterocycles. The Morgan fingerprint density at radius 3 is 3.00 bits per heavy atom. The summed E-state index contributed by atoms with van der Waals surface area (Å²) in [6.07, 6.45) is 7.58. The minimum absolute atomic E-state index is 0.557. The fourth-order valence-corrected chi connectivity index (χ4v) is 1.52. The molecule has 0 aromatic rings. The van der Waals surface area contributed by atoms with Crippen molar-refractivity contribution in [3.63, 3.8) is 0 Å². The first-order valence-electron chi connectivity index (χ1n) is 3.03. The summed E-state index contributed by atoms with van der Waals surface area (Å²) >= 11 is 2.37. The number of likely N-dealkylation sites (N-methyl/N-ethyl adjacent to an activating group) is 1. The van der Waals surface area contributed by atoms with Gasteiger partial charge in [0.2, 0.25) is 0 Å². The Labute approximate surface area is 69.4 Å². The number of hydrogen-bond acceptors (Lipinski definition) is 1. The van der Waals surface area contributed by atoms with Gasteiger partial charge in [-0.3, -0.25) is 0 Å². The van der Waals surface area contributed by atoms with Crippen molar-refractivity contribution >= 4 is 22.6 Å². The van der Waals surface area contributed by atoms with E-state index in [0.717, 1.165) is 6.42 Å². The predicted octanol–water partition coefficient (Wildman–Crippen LogP) is 1.85. The van der Waals surface area contributed by atoms with Gasteiger partial charge in [-0.1, -0.05) is 18.2 Å². The van der Waals surface area contributed by atoms with Crippen LogP contribution in [0.2, 0.25) is 0 Å². The summed E-state index contributed by atoms with van der Waals surface area (Å²) in [5, 5.41) is 3.20. The molecule has 0 bridgehead atoms. The summed E-state index contributed by atoms with van der Waals surface area (Å²) in [7, 11) is 1.99. The molecule has 1 aliphatic carbocycles. The molecule has 1 unspecified atom stereocenters. The van der Waals surface area contributed by atoms with Crippen LogP contribution in [-0.4, -0.2) is 13.1 Å². The zero-order chi connectivity index (χ0) is 6.69. The lowest BCUT2D eigenvalue weighted by molar-refractivity contribution is 0.670. The second kappa shape index (κ2) is 3.37. The highest BCUT2D eigenvalue weighted by molar-refractivity contribution is 14.1. The molecule has 1 N–H and O–H groups in total. The van der Waals surface area contributed by atoms with E-state index in [-0.39, 0.29) is 0 Å². The van der Waals surface area contributed by atoms with E-state index in [1.165, 1.54) is 3.58 Å².